The van der Waals surface area contributed by atoms with Crippen molar-refractivity contribution in [3.8, 4) is 17.9 Å². The van der Waals surface area contributed by atoms with E-state index in [4.69, 9.17) is 10.5 Å². The Kier molecular flexibility index (Phi) is 4.75. The first-order chi connectivity index (χ1) is 10.1. The molecule has 1 heterocycles. The molecular formula is C16H17N3O2. The van der Waals surface area contributed by atoms with Gasteiger partial charge in [0.1, 0.15) is 0 Å². The maximum absolute atomic E-state index is 12.0. The van der Waals surface area contributed by atoms with E-state index in [-0.39, 0.29) is 5.56 Å². The van der Waals surface area contributed by atoms with Crippen molar-refractivity contribution in [3.05, 3.63) is 57.5 Å². The van der Waals surface area contributed by atoms with Crippen LogP contribution >= 0.6 is 0 Å². The van der Waals surface area contributed by atoms with Crippen molar-refractivity contribution in [3.63, 3.8) is 0 Å². The summed E-state index contributed by atoms with van der Waals surface area (Å²) in [7, 11) is 1.50. The van der Waals surface area contributed by atoms with E-state index in [2.05, 4.69) is 16.8 Å². The Morgan fingerprint density at radius 1 is 1.33 bits per heavy atom. The first kappa shape index (κ1) is 14.8. The highest BCUT2D eigenvalue weighted by atomic mass is 16.5. The van der Waals surface area contributed by atoms with Crippen LogP contribution in [0, 0.1) is 18.8 Å². The van der Waals surface area contributed by atoms with Crippen molar-refractivity contribution in [2.45, 2.75) is 13.5 Å². The summed E-state index contributed by atoms with van der Waals surface area (Å²) in [6.07, 6.45) is 0. The van der Waals surface area contributed by atoms with Crippen molar-refractivity contribution >= 4 is 0 Å². The SMILES string of the molecule is COc1nc(C)cc(=O)n1Cc1ccc(C#CCN)cc1. The first-order valence-corrected chi connectivity index (χ1v) is 6.54. The van der Waals surface area contributed by atoms with Gasteiger partial charge >= 0.3 is 0 Å². The van der Waals surface area contributed by atoms with Crippen LogP contribution in [-0.2, 0) is 6.54 Å². The van der Waals surface area contributed by atoms with Crippen LogP contribution in [0.3, 0.4) is 0 Å². The number of methoxy groups -OCH3 is 1. The topological polar surface area (TPSA) is 70.1 Å². The molecule has 0 saturated heterocycles. The molecule has 0 fully saturated rings. The number of aryl methyl sites for hydroxylation is 1. The molecule has 1 aromatic heterocycles. The minimum Gasteiger partial charge on any atom is -0.468 e. The molecule has 0 saturated carbocycles. The number of hydrogen-bond acceptors (Lipinski definition) is 4. The Labute approximate surface area is 123 Å². The minimum atomic E-state index is -0.133. The van der Waals surface area contributed by atoms with Gasteiger partial charge in [-0.05, 0) is 24.6 Å². The molecule has 5 heteroatoms. The molecule has 0 amide bonds. The molecule has 2 rings (SSSR count). The van der Waals surface area contributed by atoms with Gasteiger partial charge in [-0.2, -0.15) is 0 Å². The van der Waals surface area contributed by atoms with E-state index in [0.717, 1.165) is 11.1 Å². The number of benzene rings is 1. The molecule has 0 spiro atoms. The predicted molar refractivity (Wildman–Crippen MR) is 81.3 cm³/mol. The monoisotopic (exact) mass is 283 g/mol. The lowest BCUT2D eigenvalue weighted by atomic mass is 10.1. The summed E-state index contributed by atoms with van der Waals surface area (Å²) >= 11 is 0. The minimum absolute atomic E-state index is 0.133. The molecule has 2 N–H and O–H groups in total. The fourth-order valence-corrected chi connectivity index (χ4v) is 1.92. The van der Waals surface area contributed by atoms with Gasteiger partial charge < -0.3 is 10.5 Å². The molecule has 5 nitrogen and oxygen atoms in total. The van der Waals surface area contributed by atoms with Crippen LogP contribution in [0.15, 0.2) is 35.1 Å². The van der Waals surface area contributed by atoms with Crippen molar-refractivity contribution in [1.29, 1.82) is 0 Å². The van der Waals surface area contributed by atoms with Gasteiger partial charge in [0, 0.05) is 17.3 Å². The van der Waals surface area contributed by atoms with Crippen LogP contribution in [0.5, 0.6) is 6.01 Å². The number of rotatable bonds is 3. The highest BCUT2D eigenvalue weighted by Crippen LogP contribution is 2.10. The summed E-state index contributed by atoms with van der Waals surface area (Å²) in [5.41, 5.74) is 7.71. The van der Waals surface area contributed by atoms with Crippen molar-refractivity contribution in [1.82, 2.24) is 9.55 Å². The molecule has 0 radical (unpaired) electrons. The summed E-state index contributed by atoms with van der Waals surface area (Å²) in [4.78, 5) is 16.3. The van der Waals surface area contributed by atoms with Crippen molar-refractivity contribution in [2.75, 3.05) is 13.7 Å². The third kappa shape index (κ3) is 3.71. The first-order valence-electron chi connectivity index (χ1n) is 6.54. The van der Waals surface area contributed by atoms with E-state index in [9.17, 15) is 4.79 Å². The lowest BCUT2D eigenvalue weighted by Gasteiger charge is -2.11. The normalized spacial score (nSPS) is 9.86. The van der Waals surface area contributed by atoms with Gasteiger partial charge in [0.25, 0.3) is 11.6 Å². The number of ether oxygens (including phenoxy) is 1. The van der Waals surface area contributed by atoms with Crippen LogP contribution in [0.25, 0.3) is 0 Å². The molecule has 0 bridgehead atoms. The standard InChI is InChI=1S/C16H17N3O2/c1-12-10-15(20)19(16(18-12)21-2)11-14-7-5-13(6-8-14)4-3-9-17/h5-8,10H,9,11,17H2,1-2H3. The zero-order valence-electron chi connectivity index (χ0n) is 12.1. The quantitative estimate of drug-likeness (QED) is 0.850. The second-order valence-electron chi connectivity index (χ2n) is 4.51. The lowest BCUT2D eigenvalue weighted by Crippen LogP contribution is -2.23. The summed E-state index contributed by atoms with van der Waals surface area (Å²) < 4.78 is 6.67. The predicted octanol–water partition coefficient (Wildman–Crippen LogP) is 0.919. The van der Waals surface area contributed by atoms with Gasteiger partial charge in [-0.3, -0.25) is 9.36 Å². The van der Waals surface area contributed by atoms with Crippen LogP contribution in [-0.4, -0.2) is 23.2 Å². The number of nitrogens with two attached hydrogens (primary N) is 1. The number of aromatic nitrogens is 2. The van der Waals surface area contributed by atoms with E-state index in [0.29, 0.717) is 24.8 Å². The third-order valence-corrected chi connectivity index (χ3v) is 2.91. The largest absolute Gasteiger partial charge is 0.468 e. The average Bonchev–Trinajstić information content (AvgIpc) is 2.48. The van der Waals surface area contributed by atoms with Crippen molar-refractivity contribution < 1.29 is 4.74 Å². The average molecular weight is 283 g/mol. The molecule has 0 aliphatic heterocycles. The maximum Gasteiger partial charge on any atom is 0.299 e. The van der Waals surface area contributed by atoms with Crippen LogP contribution in [0.4, 0.5) is 0 Å². The Morgan fingerprint density at radius 3 is 2.67 bits per heavy atom. The van der Waals surface area contributed by atoms with Crippen LogP contribution < -0.4 is 16.0 Å². The molecule has 2 aromatic rings. The van der Waals surface area contributed by atoms with Gasteiger partial charge in [0.05, 0.1) is 20.2 Å². The van der Waals surface area contributed by atoms with Gasteiger partial charge in [-0.1, -0.05) is 24.0 Å². The summed E-state index contributed by atoms with van der Waals surface area (Å²) in [5, 5.41) is 0. The fraction of sp³-hybridized carbons (Fsp3) is 0.250. The molecule has 0 unspecified atom stereocenters. The maximum atomic E-state index is 12.0. The summed E-state index contributed by atoms with van der Waals surface area (Å²) in [6, 6.07) is 9.45. The highest BCUT2D eigenvalue weighted by molar-refractivity contribution is 5.36. The van der Waals surface area contributed by atoms with E-state index >= 15 is 0 Å². The second kappa shape index (κ2) is 6.73. The lowest BCUT2D eigenvalue weighted by molar-refractivity contribution is 0.350. The van der Waals surface area contributed by atoms with E-state index in [1.807, 2.05) is 24.3 Å². The molecule has 0 aliphatic rings. The molecular weight excluding hydrogens is 266 g/mol. The highest BCUT2D eigenvalue weighted by Gasteiger charge is 2.07. The summed E-state index contributed by atoms with van der Waals surface area (Å²) in [6.45, 7) is 2.50. The van der Waals surface area contributed by atoms with Crippen LogP contribution in [0.1, 0.15) is 16.8 Å². The van der Waals surface area contributed by atoms with E-state index in [1.54, 1.807) is 6.92 Å². The Bertz CT molecular complexity index is 737. The number of nitrogens with zero attached hydrogens (tertiary/aromatic N) is 2. The Hall–Kier alpha value is -2.58. The molecule has 108 valence electrons. The smallest absolute Gasteiger partial charge is 0.299 e. The molecule has 1 aromatic carbocycles. The van der Waals surface area contributed by atoms with Gasteiger partial charge in [0.2, 0.25) is 0 Å². The second-order valence-corrected chi connectivity index (χ2v) is 4.51. The molecule has 21 heavy (non-hydrogen) atoms. The Morgan fingerprint density at radius 2 is 2.05 bits per heavy atom. The molecule has 0 atom stereocenters. The zero-order valence-corrected chi connectivity index (χ0v) is 12.1. The van der Waals surface area contributed by atoms with Gasteiger partial charge in [-0.25, -0.2) is 4.98 Å². The summed E-state index contributed by atoms with van der Waals surface area (Å²) in [5.74, 6) is 5.76. The van der Waals surface area contributed by atoms with Gasteiger partial charge in [0.15, 0.2) is 0 Å². The third-order valence-electron chi connectivity index (χ3n) is 2.91. The molecule has 0 aliphatic carbocycles. The number of hydrogen-bond donors (Lipinski definition) is 1. The van der Waals surface area contributed by atoms with E-state index in [1.165, 1.54) is 17.7 Å². The zero-order chi connectivity index (χ0) is 15.2. The van der Waals surface area contributed by atoms with Crippen molar-refractivity contribution in [2.24, 2.45) is 5.73 Å². The Balaban J connectivity index is 2.28. The van der Waals surface area contributed by atoms with Gasteiger partial charge in [-0.15, -0.1) is 0 Å². The van der Waals surface area contributed by atoms with Crippen LogP contribution in [0.2, 0.25) is 0 Å². The van der Waals surface area contributed by atoms with E-state index < -0.39 is 0 Å². The fourth-order valence-electron chi connectivity index (χ4n) is 1.92.